The van der Waals surface area contributed by atoms with Crippen molar-refractivity contribution in [2.45, 2.75) is 39.3 Å². The lowest BCUT2D eigenvalue weighted by atomic mass is 10.0. The molecule has 4 aromatic rings. The number of carbonyl (C=O) groups is 1. The van der Waals surface area contributed by atoms with Gasteiger partial charge in [-0.2, -0.15) is 5.10 Å². The monoisotopic (exact) mass is 398 g/mol. The number of H-pyrrole nitrogens is 1. The lowest BCUT2D eigenvalue weighted by molar-refractivity contribution is -0.142. The Bertz CT molecular complexity index is 1240. The number of halogens is 2. The number of carboxylic acid groups (broad SMARTS) is 1. The molecule has 3 aromatic heterocycles. The zero-order valence-corrected chi connectivity index (χ0v) is 16.2. The van der Waals surface area contributed by atoms with Crippen molar-refractivity contribution < 1.29 is 18.7 Å². The van der Waals surface area contributed by atoms with Crippen LogP contribution >= 0.6 is 0 Å². The van der Waals surface area contributed by atoms with Gasteiger partial charge in [-0.15, -0.1) is 0 Å². The number of carboxylic acids is 1. The van der Waals surface area contributed by atoms with Crippen LogP contribution in [0.5, 0.6) is 0 Å². The summed E-state index contributed by atoms with van der Waals surface area (Å²) in [5, 5.41) is 16.7. The van der Waals surface area contributed by atoms with Gasteiger partial charge in [-0.05, 0) is 42.7 Å². The lowest BCUT2D eigenvalue weighted by Gasteiger charge is -2.16. The number of nitrogens with zero attached hydrogens (tertiary/aromatic N) is 3. The normalized spacial score (nSPS) is 12.9. The Balaban J connectivity index is 2.10. The number of aryl methyl sites for hydroxylation is 1. The Labute approximate surface area is 165 Å². The van der Waals surface area contributed by atoms with Crippen LogP contribution in [0.2, 0.25) is 0 Å². The molecular formula is C21H20F2N4O2. The highest BCUT2D eigenvalue weighted by atomic mass is 19.1. The van der Waals surface area contributed by atoms with Crippen molar-refractivity contribution in [1.82, 2.24) is 19.7 Å². The number of nitrogens with one attached hydrogen (secondary N) is 1. The summed E-state index contributed by atoms with van der Waals surface area (Å²) in [6.45, 7) is 5.58. The summed E-state index contributed by atoms with van der Waals surface area (Å²) < 4.78 is 30.0. The Hall–Kier alpha value is -3.29. The van der Waals surface area contributed by atoms with E-state index >= 15 is 0 Å². The van der Waals surface area contributed by atoms with E-state index in [-0.39, 0.29) is 18.2 Å². The topological polar surface area (TPSA) is 83.8 Å². The second kappa shape index (κ2) is 6.95. The molecule has 1 atom stereocenters. The third-order valence-electron chi connectivity index (χ3n) is 5.08. The average molecular weight is 398 g/mol. The number of benzene rings is 1. The smallest absolute Gasteiger partial charge is 0.338 e. The molecule has 4 rings (SSSR count). The molecule has 8 heteroatoms. The van der Waals surface area contributed by atoms with Crippen molar-refractivity contribution in [3.63, 3.8) is 0 Å². The molecule has 0 radical (unpaired) electrons. The Morgan fingerprint density at radius 2 is 2.07 bits per heavy atom. The van der Waals surface area contributed by atoms with Gasteiger partial charge in [0.05, 0.1) is 17.2 Å². The van der Waals surface area contributed by atoms with E-state index in [0.29, 0.717) is 33.5 Å². The molecule has 0 unspecified atom stereocenters. The number of alkyl halides is 1. The van der Waals surface area contributed by atoms with Gasteiger partial charge < -0.3 is 9.67 Å². The van der Waals surface area contributed by atoms with Crippen molar-refractivity contribution in [3.05, 3.63) is 53.1 Å². The van der Waals surface area contributed by atoms with Crippen LogP contribution in [0.15, 0.2) is 30.5 Å². The van der Waals surface area contributed by atoms with Crippen LogP contribution in [-0.2, 0) is 11.2 Å². The number of aliphatic carboxylic acids is 1. The van der Waals surface area contributed by atoms with Gasteiger partial charge in [0.2, 0.25) is 6.17 Å². The van der Waals surface area contributed by atoms with E-state index in [4.69, 9.17) is 5.11 Å². The largest absolute Gasteiger partial charge is 0.479 e. The number of aromatic nitrogens is 4. The van der Waals surface area contributed by atoms with Crippen molar-refractivity contribution in [3.8, 4) is 5.69 Å². The van der Waals surface area contributed by atoms with E-state index in [1.807, 2.05) is 24.5 Å². The molecule has 150 valence electrons. The maximum Gasteiger partial charge on any atom is 0.338 e. The van der Waals surface area contributed by atoms with E-state index in [0.717, 1.165) is 11.1 Å². The molecule has 0 aliphatic heterocycles. The van der Waals surface area contributed by atoms with Crippen LogP contribution in [0.4, 0.5) is 8.78 Å². The molecule has 6 nitrogen and oxygen atoms in total. The average Bonchev–Trinajstić information content (AvgIpc) is 3.24. The van der Waals surface area contributed by atoms with Gasteiger partial charge in [-0.1, -0.05) is 13.8 Å². The summed E-state index contributed by atoms with van der Waals surface area (Å²) in [5.74, 6) is -1.88. The fraction of sp³-hybridized carbons (Fsp3) is 0.286. The minimum absolute atomic E-state index is 0.0537. The van der Waals surface area contributed by atoms with Gasteiger partial charge >= 0.3 is 5.97 Å². The first-order valence-electron chi connectivity index (χ1n) is 9.28. The Morgan fingerprint density at radius 3 is 2.72 bits per heavy atom. The quantitative estimate of drug-likeness (QED) is 0.521. The van der Waals surface area contributed by atoms with Crippen LogP contribution in [-0.4, -0.2) is 37.0 Å². The molecule has 29 heavy (non-hydrogen) atoms. The van der Waals surface area contributed by atoms with E-state index in [1.165, 1.54) is 6.07 Å². The molecular weight excluding hydrogens is 378 g/mol. The molecule has 0 saturated carbocycles. The van der Waals surface area contributed by atoms with Crippen molar-refractivity contribution >= 4 is 28.0 Å². The minimum atomic E-state index is -2.05. The standard InChI is InChI=1S/C21H20F2N4O2/c1-10(2)19-14(8-16(23)21(28)29)18-17(7-12-9-24-26-20(12)25-18)27(19)13-4-5-15(22)11(3)6-13/h4-7,9-10,16H,8H2,1-3H3,(H,28,29)(H,24,25,26)/t16-/m1/s1. The van der Waals surface area contributed by atoms with Crippen LogP contribution in [0.1, 0.15) is 36.6 Å². The van der Waals surface area contributed by atoms with E-state index in [2.05, 4.69) is 15.2 Å². The second-order valence-electron chi connectivity index (χ2n) is 7.46. The highest BCUT2D eigenvalue weighted by molar-refractivity contribution is 5.93. The number of aromatic amines is 1. The first-order chi connectivity index (χ1) is 13.8. The summed E-state index contributed by atoms with van der Waals surface area (Å²) in [6, 6.07) is 6.64. The number of rotatable bonds is 5. The fourth-order valence-corrected chi connectivity index (χ4v) is 3.77. The molecule has 3 heterocycles. The predicted octanol–water partition coefficient (Wildman–Crippen LogP) is 4.44. The molecule has 0 amide bonds. The van der Waals surface area contributed by atoms with E-state index in [1.54, 1.807) is 25.3 Å². The van der Waals surface area contributed by atoms with Crippen LogP contribution < -0.4 is 0 Å². The molecule has 0 aliphatic carbocycles. The molecule has 0 saturated heterocycles. The number of hydrogen-bond donors (Lipinski definition) is 2. The van der Waals surface area contributed by atoms with E-state index < -0.39 is 12.1 Å². The molecule has 0 spiro atoms. The zero-order valence-electron chi connectivity index (χ0n) is 16.2. The highest BCUT2D eigenvalue weighted by Gasteiger charge is 2.27. The van der Waals surface area contributed by atoms with Crippen molar-refractivity contribution in [1.29, 1.82) is 0 Å². The molecule has 2 N–H and O–H groups in total. The third kappa shape index (κ3) is 3.14. The number of fused-ring (bicyclic) bond motifs is 2. The van der Waals surface area contributed by atoms with E-state index in [9.17, 15) is 13.6 Å². The van der Waals surface area contributed by atoms with Gasteiger partial charge in [0.15, 0.2) is 5.65 Å². The van der Waals surface area contributed by atoms with Crippen LogP contribution in [0, 0.1) is 12.7 Å². The number of hydrogen-bond acceptors (Lipinski definition) is 3. The van der Waals surface area contributed by atoms with Gasteiger partial charge in [-0.25, -0.2) is 18.6 Å². The Kier molecular flexibility index (Phi) is 4.56. The van der Waals surface area contributed by atoms with Crippen molar-refractivity contribution in [2.24, 2.45) is 0 Å². The third-order valence-corrected chi connectivity index (χ3v) is 5.08. The fourth-order valence-electron chi connectivity index (χ4n) is 3.77. The predicted molar refractivity (Wildman–Crippen MR) is 106 cm³/mol. The molecule has 0 bridgehead atoms. The van der Waals surface area contributed by atoms with Crippen LogP contribution in [0.25, 0.3) is 27.8 Å². The second-order valence-corrected chi connectivity index (χ2v) is 7.46. The van der Waals surface area contributed by atoms with Gasteiger partial charge in [0.25, 0.3) is 0 Å². The summed E-state index contributed by atoms with van der Waals surface area (Å²) >= 11 is 0. The SMILES string of the molecule is Cc1cc(-n2c(C(C)C)c(C[C@@H](F)C(=O)O)c3nc4[nH]ncc4cc32)ccc1F. The summed E-state index contributed by atoms with van der Waals surface area (Å²) in [7, 11) is 0. The number of pyridine rings is 1. The maximum atomic E-state index is 14.3. The van der Waals surface area contributed by atoms with Gasteiger partial charge in [0.1, 0.15) is 5.82 Å². The zero-order chi connectivity index (χ0) is 20.9. The van der Waals surface area contributed by atoms with Gasteiger partial charge in [-0.3, -0.25) is 5.10 Å². The summed E-state index contributed by atoms with van der Waals surface area (Å²) in [6.07, 6.45) is -0.723. The molecule has 0 aliphatic rings. The van der Waals surface area contributed by atoms with Gasteiger partial charge in [0, 0.05) is 28.8 Å². The van der Waals surface area contributed by atoms with Crippen LogP contribution in [0.3, 0.4) is 0 Å². The first kappa shape index (κ1) is 19.0. The highest BCUT2D eigenvalue weighted by Crippen LogP contribution is 2.36. The summed E-state index contributed by atoms with van der Waals surface area (Å²) in [5.41, 5.74) is 4.21. The molecule has 0 fully saturated rings. The molecule has 1 aromatic carbocycles. The summed E-state index contributed by atoms with van der Waals surface area (Å²) in [4.78, 5) is 15.8. The Morgan fingerprint density at radius 1 is 1.31 bits per heavy atom. The first-order valence-corrected chi connectivity index (χ1v) is 9.28. The maximum absolute atomic E-state index is 14.3. The lowest BCUT2D eigenvalue weighted by Crippen LogP contribution is -2.18. The van der Waals surface area contributed by atoms with Crippen molar-refractivity contribution in [2.75, 3.05) is 0 Å². The minimum Gasteiger partial charge on any atom is -0.479 e.